The summed E-state index contributed by atoms with van der Waals surface area (Å²) in [6, 6.07) is 4.31. The lowest BCUT2D eigenvalue weighted by Gasteiger charge is -2.36. The normalized spacial score (nSPS) is 26.6. The first-order valence-corrected chi connectivity index (χ1v) is 6.98. The highest BCUT2D eigenvalue weighted by Gasteiger charge is 2.27. The largest absolute Gasteiger partial charge is 0.432 e. The number of ether oxygens (including phenoxy) is 1. The third-order valence-electron chi connectivity index (χ3n) is 4.03. The van der Waals surface area contributed by atoms with Gasteiger partial charge in [0.15, 0.2) is 11.6 Å². The van der Waals surface area contributed by atoms with Crippen LogP contribution in [0.4, 0.5) is 18.9 Å². The van der Waals surface area contributed by atoms with Crippen LogP contribution < -0.4 is 10.1 Å². The molecule has 0 amide bonds. The van der Waals surface area contributed by atoms with Gasteiger partial charge in [0.25, 0.3) is 0 Å². The van der Waals surface area contributed by atoms with E-state index in [1.165, 1.54) is 18.6 Å². The fourth-order valence-corrected chi connectivity index (χ4v) is 2.94. The second-order valence-corrected chi connectivity index (χ2v) is 5.58. The zero-order chi connectivity index (χ0) is 14.7. The van der Waals surface area contributed by atoms with Gasteiger partial charge in [0, 0.05) is 17.8 Å². The van der Waals surface area contributed by atoms with E-state index in [4.69, 9.17) is 0 Å². The number of alkyl halides is 2. The van der Waals surface area contributed by atoms with E-state index in [2.05, 4.69) is 23.9 Å². The molecule has 0 saturated heterocycles. The van der Waals surface area contributed by atoms with E-state index in [0.29, 0.717) is 17.5 Å². The highest BCUT2D eigenvalue weighted by Crippen LogP contribution is 2.32. The number of halogens is 3. The van der Waals surface area contributed by atoms with E-state index in [1.807, 2.05) is 0 Å². The number of hydrogen-bond donors (Lipinski definition) is 1. The van der Waals surface area contributed by atoms with Gasteiger partial charge in [0.05, 0.1) is 0 Å². The van der Waals surface area contributed by atoms with Crippen molar-refractivity contribution in [2.24, 2.45) is 11.8 Å². The topological polar surface area (TPSA) is 21.3 Å². The van der Waals surface area contributed by atoms with Crippen molar-refractivity contribution in [1.29, 1.82) is 0 Å². The Balaban J connectivity index is 2.07. The molecule has 1 aliphatic carbocycles. The van der Waals surface area contributed by atoms with Crippen molar-refractivity contribution in [3.63, 3.8) is 0 Å². The minimum absolute atomic E-state index is 0.282. The average Bonchev–Trinajstić information content (AvgIpc) is 2.37. The van der Waals surface area contributed by atoms with Gasteiger partial charge in [-0.25, -0.2) is 4.39 Å². The van der Waals surface area contributed by atoms with Crippen LogP contribution in [0.25, 0.3) is 0 Å². The minimum atomic E-state index is -3.01. The molecule has 0 aliphatic heterocycles. The summed E-state index contributed by atoms with van der Waals surface area (Å²) in [4.78, 5) is 0. The monoisotopic (exact) mass is 287 g/mol. The zero-order valence-corrected chi connectivity index (χ0v) is 11.7. The Morgan fingerprint density at radius 1 is 1.20 bits per heavy atom. The van der Waals surface area contributed by atoms with Crippen molar-refractivity contribution in [2.45, 2.75) is 45.8 Å². The number of benzene rings is 1. The van der Waals surface area contributed by atoms with Crippen LogP contribution in [0.2, 0.25) is 0 Å². The van der Waals surface area contributed by atoms with Gasteiger partial charge in [0.1, 0.15) is 0 Å². The van der Waals surface area contributed by atoms with Gasteiger partial charge in [-0.2, -0.15) is 8.78 Å². The third kappa shape index (κ3) is 3.58. The van der Waals surface area contributed by atoms with Crippen LogP contribution >= 0.6 is 0 Å². The Morgan fingerprint density at radius 2 is 1.85 bits per heavy atom. The molecule has 5 heteroatoms. The predicted octanol–water partition coefficient (Wildman–Crippen LogP) is 4.66. The van der Waals surface area contributed by atoms with Crippen LogP contribution in [0.5, 0.6) is 5.75 Å². The van der Waals surface area contributed by atoms with Crippen LogP contribution in [0, 0.1) is 17.7 Å². The van der Waals surface area contributed by atoms with Gasteiger partial charge in [-0.15, -0.1) is 0 Å². The highest BCUT2D eigenvalue weighted by atomic mass is 19.3. The second kappa shape index (κ2) is 6.37. The van der Waals surface area contributed by atoms with Crippen molar-refractivity contribution in [3.05, 3.63) is 24.0 Å². The molecular weight excluding hydrogens is 267 g/mol. The summed E-state index contributed by atoms with van der Waals surface area (Å²) < 4.78 is 41.9. The van der Waals surface area contributed by atoms with E-state index in [9.17, 15) is 13.2 Å². The lowest BCUT2D eigenvalue weighted by Crippen LogP contribution is -2.37. The van der Waals surface area contributed by atoms with Crippen molar-refractivity contribution < 1.29 is 17.9 Å². The number of hydrogen-bond acceptors (Lipinski definition) is 2. The predicted molar refractivity (Wildman–Crippen MR) is 72.6 cm³/mol. The zero-order valence-electron chi connectivity index (χ0n) is 11.7. The van der Waals surface area contributed by atoms with Crippen molar-refractivity contribution in [3.8, 4) is 5.75 Å². The number of rotatable bonds is 4. The third-order valence-corrected chi connectivity index (χ3v) is 4.03. The quantitative estimate of drug-likeness (QED) is 0.869. The number of nitrogens with one attached hydrogen (secondary N) is 1. The molecule has 0 bridgehead atoms. The standard InChI is InChI=1S/C15H20F3NO/c1-9-4-3-5-10(2)14(9)19-11-6-7-13(12(16)8-11)20-15(17)18/h6-10,14-15,19H,3-5H2,1-2H3. The maximum Gasteiger partial charge on any atom is 0.387 e. The molecule has 2 nitrogen and oxygen atoms in total. The molecule has 0 radical (unpaired) electrons. The van der Waals surface area contributed by atoms with Gasteiger partial charge in [-0.3, -0.25) is 0 Å². The SMILES string of the molecule is CC1CCCC(C)C1Nc1ccc(OC(F)F)c(F)c1. The van der Waals surface area contributed by atoms with Gasteiger partial charge < -0.3 is 10.1 Å². The first-order valence-electron chi connectivity index (χ1n) is 6.98. The molecule has 1 fully saturated rings. The van der Waals surface area contributed by atoms with Crippen molar-refractivity contribution in [1.82, 2.24) is 0 Å². The highest BCUT2D eigenvalue weighted by molar-refractivity contribution is 5.48. The van der Waals surface area contributed by atoms with Crippen LogP contribution in [0.1, 0.15) is 33.1 Å². The molecule has 1 aromatic rings. The van der Waals surface area contributed by atoms with E-state index in [-0.39, 0.29) is 6.04 Å². The fraction of sp³-hybridized carbons (Fsp3) is 0.600. The van der Waals surface area contributed by atoms with Crippen LogP contribution in [0.3, 0.4) is 0 Å². The summed E-state index contributed by atoms with van der Waals surface area (Å²) >= 11 is 0. The minimum Gasteiger partial charge on any atom is -0.432 e. The second-order valence-electron chi connectivity index (χ2n) is 5.58. The Hall–Kier alpha value is -1.39. The molecular formula is C15H20F3NO. The molecule has 1 aliphatic rings. The van der Waals surface area contributed by atoms with Crippen LogP contribution in [0.15, 0.2) is 18.2 Å². The van der Waals surface area contributed by atoms with E-state index in [0.717, 1.165) is 12.8 Å². The molecule has 2 unspecified atom stereocenters. The molecule has 112 valence electrons. The molecule has 1 N–H and O–H groups in total. The maximum atomic E-state index is 13.7. The summed E-state index contributed by atoms with van der Waals surface area (Å²) in [6.45, 7) is 1.34. The summed E-state index contributed by atoms with van der Waals surface area (Å²) in [6.07, 6.45) is 3.52. The fourth-order valence-electron chi connectivity index (χ4n) is 2.94. The Bertz CT molecular complexity index is 443. The summed E-state index contributed by atoms with van der Waals surface area (Å²) in [5, 5.41) is 3.32. The summed E-state index contributed by atoms with van der Waals surface area (Å²) in [7, 11) is 0. The summed E-state index contributed by atoms with van der Waals surface area (Å²) in [5.74, 6) is -0.167. The first-order chi connectivity index (χ1) is 9.47. The van der Waals surface area contributed by atoms with Gasteiger partial charge in [-0.05, 0) is 36.8 Å². The Morgan fingerprint density at radius 3 is 2.40 bits per heavy atom. The van der Waals surface area contributed by atoms with E-state index >= 15 is 0 Å². The molecule has 1 aromatic carbocycles. The van der Waals surface area contributed by atoms with E-state index < -0.39 is 18.2 Å². The smallest absolute Gasteiger partial charge is 0.387 e. The maximum absolute atomic E-state index is 13.7. The van der Waals surface area contributed by atoms with Gasteiger partial charge >= 0.3 is 6.61 Å². The Kier molecular flexibility index (Phi) is 4.78. The molecule has 0 aromatic heterocycles. The molecule has 0 heterocycles. The molecule has 2 rings (SSSR count). The Labute approximate surface area is 117 Å². The van der Waals surface area contributed by atoms with Crippen molar-refractivity contribution >= 4 is 5.69 Å². The molecule has 0 spiro atoms. The lowest BCUT2D eigenvalue weighted by atomic mass is 9.78. The summed E-state index contributed by atoms with van der Waals surface area (Å²) in [5.41, 5.74) is 0.606. The average molecular weight is 287 g/mol. The van der Waals surface area contributed by atoms with Crippen LogP contribution in [-0.2, 0) is 0 Å². The lowest BCUT2D eigenvalue weighted by molar-refractivity contribution is -0.0521. The van der Waals surface area contributed by atoms with Crippen LogP contribution in [-0.4, -0.2) is 12.7 Å². The van der Waals surface area contributed by atoms with E-state index in [1.54, 1.807) is 6.07 Å². The van der Waals surface area contributed by atoms with Crippen molar-refractivity contribution in [2.75, 3.05) is 5.32 Å². The molecule has 2 atom stereocenters. The molecule has 1 saturated carbocycles. The molecule has 20 heavy (non-hydrogen) atoms. The first kappa shape index (κ1) is 15.0. The van der Waals surface area contributed by atoms with Gasteiger partial charge in [0.2, 0.25) is 0 Å². The number of anilines is 1. The van der Waals surface area contributed by atoms with Gasteiger partial charge in [-0.1, -0.05) is 20.3 Å².